The Labute approximate surface area is 168 Å². The number of benzene rings is 2. The van der Waals surface area contributed by atoms with Crippen molar-refractivity contribution in [2.24, 2.45) is 0 Å². The van der Waals surface area contributed by atoms with Gasteiger partial charge < -0.3 is 9.47 Å². The fourth-order valence-electron chi connectivity index (χ4n) is 2.41. The number of esters is 1. The lowest BCUT2D eigenvalue weighted by Gasteiger charge is -2.10. The van der Waals surface area contributed by atoms with Crippen LogP contribution in [0.25, 0.3) is 5.57 Å². The third-order valence-electron chi connectivity index (χ3n) is 3.68. The van der Waals surface area contributed by atoms with Gasteiger partial charge in [-0.1, -0.05) is 28.1 Å². The largest absolute Gasteiger partial charge is 0.463 e. The van der Waals surface area contributed by atoms with E-state index >= 15 is 0 Å². The Morgan fingerprint density at radius 1 is 1.04 bits per heavy atom. The normalized spacial score (nSPS) is 11.3. The predicted octanol–water partition coefficient (Wildman–Crippen LogP) is 6.60. The topological polar surface area (TPSA) is 35.5 Å². The van der Waals surface area contributed by atoms with E-state index in [9.17, 15) is 4.79 Å². The van der Waals surface area contributed by atoms with E-state index in [0.717, 1.165) is 46.4 Å². The molecule has 0 unspecified atom stereocenters. The number of carbonyl (C=O) groups excluding carboxylic acids is 1. The van der Waals surface area contributed by atoms with Crippen molar-refractivity contribution in [3.05, 3.63) is 64.6 Å². The van der Waals surface area contributed by atoms with Crippen molar-refractivity contribution in [1.29, 1.82) is 0 Å². The first kappa shape index (κ1) is 20.5. The zero-order valence-electron chi connectivity index (χ0n) is 14.7. The number of unbranched alkanes of at least 4 members (excludes halogenated alkanes) is 1. The molecule has 2 aromatic rings. The molecule has 3 nitrogen and oxygen atoms in total. The first-order chi connectivity index (χ1) is 12.6. The molecule has 0 aliphatic rings. The van der Waals surface area contributed by atoms with Crippen LogP contribution >= 0.6 is 27.5 Å². The highest BCUT2D eigenvalue weighted by atomic mass is 79.9. The number of ether oxygens (including phenoxy) is 2. The van der Waals surface area contributed by atoms with Gasteiger partial charge in [0, 0.05) is 16.4 Å². The highest BCUT2D eigenvalue weighted by Crippen LogP contribution is 2.27. The van der Waals surface area contributed by atoms with Crippen LogP contribution in [-0.4, -0.2) is 18.5 Å². The summed E-state index contributed by atoms with van der Waals surface area (Å²) >= 11 is 9.17. The van der Waals surface area contributed by atoms with Gasteiger partial charge in [0.15, 0.2) is 0 Å². The average molecular weight is 438 g/mol. The number of halogens is 2. The first-order valence-electron chi connectivity index (χ1n) is 8.59. The minimum atomic E-state index is -0.316. The van der Waals surface area contributed by atoms with Crippen LogP contribution in [0.2, 0.25) is 0 Å². The monoisotopic (exact) mass is 436 g/mol. The van der Waals surface area contributed by atoms with Crippen LogP contribution < -0.4 is 4.74 Å². The highest BCUT2D eigenvalue weighted by molar-refractivity contribution is 9.10. The molecule has 0 aromatic heterocycles. The Kier molecular flexibility index (Phi) is 8.72. The summed E-state index contributed by atoms with van der Waals surface area (Å²) in [7, 11) is 0. The van der Waals surface area contributed by atoms with Crippen molar-refractivity contribution < 1.29 is 14.3 Å². The molecule has 0 fully saturated rings. The molecule has 5 heteroatoms. The minimum Gasteiger partial charge on any atom is -0.463 e. The first-order valence-corrected chi connectivity index (χ1v) is 9.92. The second-order valence-electron chi connectivity index (χ2n) is 5.65. The zero-order chi connectivity index (χ0) is 18.8. The van der Waals surface area contributed by atoms with E-state index in [1.807, 2.05) is 48.5 Å². The van der Waals surface area contributed by atoms with Gasteiger partial charge in [0.2, 0.25) is 0 Å². The van der Waals surface area contributed by atoms with Gasteiger partial charge in [0.1, 0.15) is 11.5 Å². The fourth-order valence-corrected chi connectivity index (χ4v) is 2.87. The van der Waals surface area contributed by atoms with Crippen molar-refractivity contribution in [2.45, 2.75) is 26.2 Å². The maximum atomic E-state index is 11.8. The highest BCUT2D eigenvalue weighted by Gasteiger charge is 2.07. The Morgan fingerprint density at radius 3 is 2.23 bits per heavy atom. The minimum absolute atomic E-state index is 0.316. The number of allylic oxidation sites excluding steroid dienone is 1. The maximum Gasteiger partial charge on any atom is 0.331 e. The second kappa shape index (κ2) is 11.0. The standard InChI is InChI=1S/C21H22BrClO3/c1-2-25-21(24)15-17(5-3-4-14-23)16-6-10-19(11-7-16)26-20-12-8-18(22)9-13-20/h6-13,15H,2-5,14H2,1H3/b17-15-. The smallest absolute Gasteiger partial charge is 0.331 e. The van der Waals surface area contributed by atoms with Gasteiger partial charge in [-0.25, -0.2) is 4.79 Å². The molecule has 2 rings (SSSR count). The Balaban J connectivity index is 2.12. The van der Waals surface area contributed by atoms with E-state index in [1.54, 1.807) is 13.0 Å². The second-order valence-corrected chi connectivity index (χ2v) is 6.94. The summed E-state index contributed by atoms with van der Waals surface area (Å²) in [5.41, 5.74) is 1.93. The summed E-state index contributed by atoms with van der Waals surface area (Å²) in [5.74, 6) is 1.81. The molecule has 0 spiro atoms. The van der Waals surface area contributed by atoms with Gasteiger partial charge in [-0.3, -0.25) is 0 Å². The lowest BCUT2D eigenvalue weighted by atomic mass is 10.00. The van der Waals surface area contributed by atoms with Crippen LogP contribution in [0.1, 0.15) is 31.7 Å². The van der Waals surface area contributed by atoms with Crippen LogP contribution in [-0.2, 0) is 9.53 Å². The van der Waals surface area contributed by atoms with Crippen LogP contribution in [0.5, 0.6) is 11.5 Å². The van der Waals surface area contributed by atoms with Crippen LogP contribution in [0.15, 0.2) is 59.1 Å². The molecule has 0 N–H and O–H groups in total. The third kappa shape index (κ3) is 6.85. The van der Waals surface area contributed by atoms with Crippen molar-refractivity contribution in [2.75, 3.05) is 12.5 Å². The molecule has 0 aliphatic heterocycles. The summed E-state index contributed by atoms with van der Waals surface area (Å²) < 4.78 is 11.9. The molecular weight excluding hydrogens is 416 g/mol. The number of hydrogen-bond donors (Lipinski definition) is 0. The molecule has 2 aromatic carbocycles. The van der Waals surface area contributed by atoms with Gasteiger partial charge in [0.05, 0.1) is 6.61 Å². The van der Waals surface area contributed by atoms with Crippen LogP contribution in [0, 0.1) is 0 Å². The van der Waals surface area contributed by atoms with E-state index < -0.39 is 0 Å². The van der Waals surface area contributed by atoms with E-state index in [1.165, 1.54) is 0 Å². The molecule has 0 aliphatic carbocycles. The number of carbonyl (C=O) groups is 1. The van der Waals surface area contributed by atoms with Crippen molar-refractivity contribution in [3.8, 4) is 11.5 Å². The number of alkyl halides is 1. The molecule has 0 bridgehead atoms. The number of hydrogen-bond acceptors (Lipinski definition) is 3. The van der Waals surface area contributed by atoms with Crippen LogP contribution in [0.4, 0.5) is 0 Å². The summed E-state index contributed by atoms with van der Waals surface area (Å²) in [6, 6.07) is 15.4. The Morgan fingerprint density at radius 2 is 1.65 bits per heavy atom. The molecular formula is C21H22BrClO3. The fraction of sp³-hybridized carbons (Fsp3) is 0.286. The zero-order valence-corrected chi connectivity index (χ0v) is 17.1. The SMILES string of the molecule is CCOC(=O)/C=C(/CCCCCl)c1ccc(Oc2ccc(Br)cc2)cc1. The van der Waals surface area contributed by atoms with Gasteiger partial charge in [-0.15, -0.1) is 11.6 Å². The van der Waals surface area contributed by atoms with Crippen molar-refractivity contribution in [3.63, 3.8) is 0 Å². The quantitative estimate of drug-likeness (QED) is 0.192. The lowest BCUT2D eigenvalue weighted by Crippen LogP contribution is -2.01. The molecule has 0 saturated carbocycles. The van der Waals surface area contributed by atoms with E-state index in [-0.39, 0.29) is 5.97 Å². The van der Waals surface area contributed by atoms with Gasteiger partial charge in [0.25, 0.3) is 0 Å². The summed E-state index contributed by atoms with van der Waals surface area (Å²) in [6.07, 6.45) is 4.18. The van der Waals surface area contributed by atoms with E-state index in [2.05, 4.69) is 15.9 Å². The third-order valence-corrected chi connectivity index (χ3v) is 4.48. The summed E-state index contributed by atoms with van der Waals surface area (Å²) in [6.45, 7) is 2.16. The Hall–Kier alpha value is -1.78. The van der Waals surface area contributed by atoms with Gasteiger partial charge >= 0.3 is 5.97 Å². The maximum absolute atomic E-state index is 11.8. The van der Waals surface area contributed by atoms with Crippen molar-refractivity contribution >= 4 is 39.1 Å². The molecule has 138 valence electrons. The Bertz CT molecular complexity index is 724. The molecule has 26 heavy (non-hydrogen) atoms. The molecule has 0 saturated heterocycles. The summed E-state index contributed by atoms with van der Waals surface area (Å²) in [5, 5.41) is 0. The predicted molar refractivity (Wildman–Crippen MR) is 110 cm³/mol. The van der Waals surface area contributed by atoms with E-state index in [0.29, 0.717) is 12.5 Å². The molecule has 0 radical (unpaired) electrons. The lowest BCUT2D eigenvalue weighted by molar-refractivity contribution is -0.137. The average Bonchev–Trinajstić information content (AvgIpc) is 2.64. The molecule has 0 heterocycles. The van der Waals surface area contributed by atoms with E-state index in [4.69, 9.17) is 21.1 Å². The van der Waals surface area contributed by atoms with Gasteiger partial charge in [-0.2, -0.15) is 0 Å². The van der Waals surface area contributed by atoms with Gasteiger partial charge in [-0.05, 0) is 73.7 Å². The number of rotatable bonds is 9. The van der Waals surface area contributed by atoms with Crippen molar-refractivity contribution in [1.82, 2.24) is 0 Å². The molecule has 0 amide bonds. The summed E-state index contributed by atoms with van der Waals surface area (Å²) in [4.78, 5) is 11.8. The molecule has 0 atom stereocenters. The van der Waals surface area contributed by atoms with Crippen LogP contribution in [0.3, 0.4) is 0 Å².